The topological polar surface area (TPSA) is 61.9 Å². The van der Waals surface area contributed by atoms with E-state index in [9.17, 15) is 9.59 Å². The number of carbonyl (C=O) groups is 2. The van der Waals surface area contributed by atoms with E-state index in [1.54, 1.807) is 0 Å². The van der Waals surface area contributed by atoms with Crippen molar-refractivity contribution in [1.29, 1.82) is 0 Å². The number of hydrogen-bond donors (Lipinski definition) is 1. The molecule has 1 unspecified atom stereocenters. The lowest BCUT2D eigenvalue weighted by molar-refractivity contribution is -0.143. The predicted octanol–water partition coefficient (Wildman–Crippen LogP) is 2.89. The zero-order valence-corrected chi connectivity index (χ0v) is 16.4. The third-order valence-electron chi connectivity index (χ3n) is 5.65. The van der Waals surface area contributed by atoms with Crippen LogP contribution in [0.5, 0.6) is 0 Å². The van der Waals surface area contributed by atoms with Crippen molar-refractivity contribution in [3.8, 4) is 0 Å². The van der Waals surface area contributed by atoms with Crippen LogP contribution in [0.15, 0.2) is 24.3 Å². The molecule has 2 amide bonds. The van der Waals surface area contributed by atoms with Gasteiger partial charge in [-0.1, -0.05) is 0 Å². The highest BCUT2D eigenvalue weighted by molar-refractivity contribution is 5.93. The maximum absolute atomic E-state index is 12.6. The molecule has 6 nitrogen and oxygen atoms in total. The molecule has 3 rings (SSSR count). The van der Waals surface area contributed by atoms with Crippen molar-refractivity contribution in [3.05, 3.63) is 24.3 Å². The molecule has 2 aliphatic heterocycles. The van der Waals surface area contributed by atoms with Crippen LogP contribution in [0.1, 0.15) is 39.5 Å². The normalized spacial score (nSPS) is 20.5. The van der Waals surface area contributed by atoms with Crippen molar-refractivity contribution in [1.82, 2.24) is 4.90 Å². The maximum Gasteiger partial charge on any atom is 0.251 e. The third-order valence-corrected chi connectivity index (χ3v) is 5.65. The van der Waals surface area contributed by atoms with E-state index < -0.39 is 0 Å². The quantitative estimate of drug-likeness (QED) is 0.833. The zero-order chi connectivity index (χ0) is 19.2. The minimum absolute atomic E-state index is 0.0407. The summed E-state index contributed by atoms with van der Waals surface area (Å²) in [6, 6.07) is 8.01. The summed E-state index contributed by atoms with van der Waals surface area (Å²) in [5.74, 6) is 0.106. The van der Waals surface area contributed by atoms with E-state index in [0.717, 1.165) is 31.6 Å². The van der Waals surface area contributed by atoms with Crippen LogP contribution in [-0.4, -0.2) is 55.6 Å². The lowest BCUT2D eigenvalue weighted by Crippen LogP contribution is -2.45. The number of benzene rings is 1. The van der Waals surface area contributed by atoms with Gasteiger partial charge in [-0.3, -0.25) is 9.59 Å². The van der Waals surface area contributed by atoms with E-state index in [4.69, 9.17) is 4.74 Å². The van der Waals surface area contributed by atoms with Crippen molar-refractivity contribution in [2.24, 2.45) is 5.92 Å². The number of nitrogens with zero attached hydrogens (tertiary/aromatic N) is 2. The molecule has 27 heavy (non-hydrogen) atoms. The molecule has 0 spiro atoms. The Kier molecular flexibility index (Phi) is 6.72. The van der Waals surface area contributed by atoms with Gasteiger partial charge in [0.25, 0.3) is 5.91 Å². The Bertz CT molecular complexity index is 629. The van der Waals surface area contributed by atoms with Crippen LogP contribution >= 0.6 is 0 Å². The van der Waals surface area contributed by atoms with Gasteiger partial charge in [0.1, 0.15) is 6.10 Å². The molecule has 0 saturated carbocycles. The van der Waals surface area contributed by atoms with Gasteiger partial charge in [-0.15, -0.1) is 0 Å². The van der Waals surface area contributed by atoms with Gasteiger partial charge in [0.2, 0.25) is 5.91 Å². The van der Waals surface area contributed by atoms with Crippen LogP contribution in [0.4, 0.5) is 11.4 Å². The summed E-state index contributed by atoms with van der Waals surface area (Å²) >= 11 is 0. The fourth-order valence-electron chi connectivity index (χ4n) is 3.93. The summed E-state index contributed by atoms with van der Waals surface area (Å²) in [5, 5.41) is 3.03. The molecule has 6 heteroatoms. The van der Waals surface area contributed by atoms with Gasteiger partial charge >= 0.3 is 0 Å². The van der Waals surface area contributed by atoms with Gasteiger partial charge < -0.3 is 19.9 Å². The molecule has 1 atom stereocenters. The number of hydrogen-bond acceptors (Lipinski definition) is 4. The van der Waals surface area contributed by atoms with E-state index in [1.807, 2.05) is 29.2 Å². The smallest absolute Gasteiger partial charge is 0.251 e. The molecule has 2 heterocycles. The van der Waals surface area contributed by atoms with Gasteiger partial charge in [-0.2, -0.15) is 0 Å². The average molecular weight is 373 g/mol. The number of carbonyl (C=O) groups excluding carboxylic acids is 2. The average Bonchev–Trinajstić information content (AvgIpc) is 3.24. The minimum atomic E-state index is -0.264. The SMILES string of the molecule is CCN(CC)c1ccc(NC(=O)C2CCN(C(=O)C3CCCO3)CC2)cc1. The fourth-order valence-corrected chi connectivity index (χ4v) is 3.93. The first kappa shape index (κ1) is 19.7. The number of piperidine rings is 1. The molecule has 0 aromatic heterocycles. The highest BCUT2D eigenvalue weighted by Crippen LogP contribution is 2.23. The standard InChI is InChI=1S/C21H31N3O3/c1-3-23(4-2)18-9-7-17(8-10-18)22-20(25)16-11-13-24(14-12-16)21(26)19-6-5-15-27-19/h7-10,16,19H,3-6,11-15H2,1-2H3,(H,22,25). The largest absolute Gasteiger partial charge is 0.372 e. The van der Waals surface area contributed by atoms with Gasteiger partial charge in [0.05, 0.1) is 0 Å². The second-order valence-corrected chi connectivity index (χ2v) is 7.31. The molecule has 0 aliphatic carbocycles. The number of anilines is 2. The predicted molar refractivity (Wildman–Crippen MR) is 107 cm³/mol. The molecule has 2 fully saturated rings. The molecule has 2 saturated heterocycles. The number of nitrogens with one attached hydrogen (secondary N) is 1. The van der Waals surface area contributed by atoms with E-state index in [1.165, 1.54) is 5.69 Å². The van der Waals surface area contributed by atoms with Crippen molar-refractivity contribution in [2.75, 3.05) is 43.0 Å². The Morgan fingerprint density at radius 3 is 2.33 bits per heavy atom. The van der Waals surface area contributed by atoms with Gasteiger partial charge in [0.15, 0.2) is 0 Å². The summed E-state index contributed by atoms with van der Waals surface area (Å²) in [6.07, 6.45) is 2.94. The summed E-state index contributed by atoms with van der Waals surface area (Å²) in [6.45, 7) is 8.15. The first-order chi connectivity index (χ1) is 13.1. The highest BCUT2D eigenvalue weighted by Gasteiger charge is 2.32. The second-order valence-electron chi connectivity index (χ2n) is 7.31. The molecule has 2 aliphatic rings. The monoisotopic (exact) mass is 373 g/mol. The number of ether oxygens (including phenoxy) is 1. The maximum atomic E-state index is 12.6. The van der Waals surface area contributed by atoms with Crippen LogP contribution < -0.4 is 10.2 Å². The van der Waals surface area contributed by atoms with E-state index >= 15 is 0 Å². The number of amides is 2. The molecule has 148 valence electrons. The first-order valence-corrected chi connectivity index (χ1v) is 10.2. The molecule has 1 aromatic rings. The molecule has 1 aromatic carbocycles. The van der Waals surface area contributed by atoms with Gasteiger partial charge in [-0.25, -0.2) is 0 Å². The summed E-state index contributed by atoms with van der Waals surface area (Å²) in [7, 11) is 0. The molecule has 0 bridgehead atoms. The van der Waals surface area contributed by atoms with E-state index in [2.05, 4.69) is 24.1 Å². The van der Waals surface area contributed by atoms with Gasteiger partial charge in [0, 0.05) is 50.1 Å². The van der Waals surface area contributed by atoms with Crippen molar-refractivity contribution in [2.45, 2.75) is 45.6 Å². The second kappa shape index (κ2) is 9.22. The Morgan fingerprint density at radius 1 is 1.11 bits per heavy atom. The number of rotatable bonds is 6. The van der Waals surface area contributed by atoms with Crippen LogP contribution in [-0.2, 0) is 14.3 Å². The van der Waals surface area contributed by atoms with Gasteiger partial charge in [-0.05, 0) is 63.8 Å². The lowest BCUT2D eigenvalue weighted by atomic mass is 9.95. The highest BCUT2D eigenvalue weighted by atomic mass is 16.5. The summed E-state index contributed by atoms with van der Waals surface area (Å²) in [5.41, 5.74) is 1.99. The Morgan fingerprint density at radius 2 is 1.78 bits per heavy atom. The summed E-state index contributed by atoms with van der Waals surface area (Å²) in [4.78, 5) is 29.1. The van der Waals surface area contributed by atoms with E-state index in [-0.39, 0.29) is 23.8 Å². The van der Waals surface area contributed by atoms with Crippen LogP contribution in [0.3, 0.4) is 0 Å². The van der Waals surface area contributed by atoms with Crippen molar-refractivity contribution < 1.29 is 14.3 Å². The number of likely N-dealkylation sites (tertiary alicyclic amines) is 1. The first-order valence-electron chi connectivity index (χ1n) is 10.2. The lowest BCUT2D eigenvalue weighted by Gasteiger charge is -2.32. The minimum Gasteiger partial charge on any atom is -0.372 e. The van der Waals surface area contributed by atoms with E-state index in [0.29, 0.717) is 32.5 Å². The van der Waals surface area contributed by atoms with Crippen LogP contribution in [0.2, 0.25) is 0 Å². The molecule has 1 N–H and O–H groups in total. The summed E-state index contributed by atoms with van der Waals surface area (Å²) < 4.78 is 5.49. The van der Waals surface area contributed by atoms with Crippen LogP contribution in [0, 0.1) is 5.92 Å². The Balaban J connectivity index is 1.48. The molecule has 0 radical (unpaired) electrons. The third kappa shape index (κ3) is 4.80. The molecular formula is C21H31N3O3. The fraction of sp³-hybridized carbons (Fsp3) is 0.619. The zero-order valence-electron chi connectivity index (χ0n) is 16.4. The Hall–Kier alpha value is -2.08. The van der Waals surface area contributed by atoms with Crippen molar-refractivity contribution >= 4 is 23.2 Å². The molecular weight excluding hydrogens is 342 g/mol. The van der Waals surface area contributed by atoms with Crippen molar-refractivity contribution in [3.63, 3.8) is 0 Å². The van der Waals surface area contributed by atoms with Crippen LogP contribution in [0.25, 0.3) is 0 Å². The Labute approximate surface area is 161 Å².